The van der Waals surface area contributed by atoms with Gasteiger partial charge in [-0.15, -0.1) is 13.2 Å². The molecule has 2 bridgehead atoms. The first-order valence-electron chi connectivity index (χ1n) is 14.6. The number of hydrogen-bond donors (Lipinski definition) is 1. The number of likely N-dealkylation sites (N-methyl/N-ethyl adjacent to an activating group) is 1. The molecule has 0 aliphatic carbocycles. The quantitative estimate of drug-likeness (QED) is 0.283. The molecule has 1 N–H and O–H groups in total. The average Bonchev–Trinajstić information content (AvgIpc) is 3.44. The van der Waals surface area contributed by atoms with Crippen LogP contribution in [0.1, 0.15) is 51.5 Å². The monoisotopic (exact) mass is 551 g/mol. The highest BCUT2D eigenvalue weighted by Gasteiger charge is 2.80. The van der Waals surface area contributed by atoms with Crippen LogP contribution in [0.3, 0.4) is 0 Å². The van der Waals surface area contributed by atoms with Crippen molar-refractivity contribution in [3.8, 4) is 0 Å². The lowest BCUT2D eigenvalue weighted by Crippen LogP contribution is -2.56. The summed E-state index contributed by atoms with van der Waals surface area (Å²) in [5.41, 5.74) is -0.928. The van der Waals surface area contributed by atoms with Crippen molar-refractivity contribution in [2.75, 3.05) is 33.3 Å². The summed E-state index contributed by atoms with van der Waals surface area (Å²) in [5.74, 6) is -1.88. The SMILES string of the molecule is C=CCN(C)C(=O)[C@H]1[C@H]2C(=O)N(CCCCCCO)C(C(=O)N(CC=C)Cc3ccccc3)C23CC(C)[C@]1(C)O3. The van der Waals surface area contributed by atoms with E-state index in [1.807, 2.05) is 37.3 Å². The van der Waals surface area contributed by atoms with Gasteiger partial charge >= 0.3 is 0 Å². The third-order valence-corrected chi connectivity index (χ3v) is 9.28. The Morgan fingerprint density at radius 2 is 1.77 bits per heavy atom. The number of carbonyl (C=O) groups is 3. The highest BCUT2D eigenvalue weighted by atomic mass is 16.5. The molecule has 3 unspecified atom stereocenters. The summed E-state index contributed by atoms with van der Waals surface area (Å²) < 4.78 is 6.86. The fourth-order valence-corrected chi connectivity index (χ4v) is 7.27. The van der Waals surface area contributed by atoms with Gasteiger partial charge in [0.2, 0.25) is 17.7 Å². The van der Waals surface area contributed by atoms with Crippen molar-refractivity contribution in [3.63, 3.8) is 0 Å². The van der Waals surface area contributed by atoms with Crippen LogP contribution in [0.4, 0.5) is 0 Å². The lowest BCUT2D eigenvalue weighted by molar-refractivity contribution is -0.154. The van der Waals surface area contributed by atoms with Crippen LogP contribution in [0.15, 0.2) is 55.6 Å². The van der Waals surface area contributed by atoms with Gasteiger partial charge in [0.25, 0.3) is 0 Å². The van der Waals surface area contributed by atoms with E-state index in [2.05, 4.69) is 20.1 Å². The topological polar surface area (TPSA) is 90.4 Å². The maximum Gasteiger partial charge on any atom is 0.248 e. The lowest BCUT2D eigenvalue weighted by Gasteiger charge is -2.38. The number of ether oxygens (including phenoxy) is 1. The molecule has 218 valence electrons. The third-order valence-electron chi connectivity index (χ3n) is 9.28. The minimum atomic E-state index is -1.07. The second-order valence-electron chi connectivity index (χ2n) is 11.9. The largest absolute Gasteiger partial charge is 0.396 e. The lowest BCUT2D eigenvalue weighted by atomic mass is 9.62. The summed E-state index contributed by atoms with van der Waals surface area (Å²) in [7, 11) is 1.73. The standard InChI is InChI=1S/C32H45N3O5/c1-6-17-33(5)28(37)25-26-29(38)35(19-13-8-9-14-20-36)27(32(26)21-23(3)31(25,4)40-32)30(39)34(18-7-2)22-24-15-11-10-12-16-24/h6-7,10-12,15-16,23,25-27,36H,1-2,8-9,13-14,17-22H2,3-5H3/t23?,25-,26+,27?,31+,32?/m1/s1. The van der Waals surface area contributed by atoms with Crippen LogP contribution in [0, 0.1) is 17.8 Å². The van der Waals surface area contributed by atoms with E-state index in [9.17, 15) is 19.5 Å². The van der Waals surface area contributed by atoms with Gasteiger partial charge in [0.1, 0.15) is 11.6 Å². The van der Waals surface area contributed by atoms with Crippen LogP contribution in [-0.4, -0.2) is 88.1 Å². The van der Waals surface area contributed by atoms with Crippen LogP contribution < -0.4 is 0 Å². The van der Waals surface area contributed by atoms with Gasteiger partial charge in [0.05, 0.1) is 17.4 Å². The van der Waals surface area contributed by atoms with Gasteiger partial charge in [-0.1, -0.05) is 62.2 Å². The highest BCUT2D eigenvalue weighted by molar-refractivity contribution is 5.99. The van der Waals surface area contributed by atoms with Gasteiger partial charge in [0.15, 0.2) is 0 Å². The number of unbranched alkanes of at least 4 members (excludes halogenated alkanes) is 3. The zero-order valence-electron chi connectivity index (χ0n) is 24.3. The van der Waals surface area contributed by atoms with Gasteiger partial charge in [-0.05, 0) is 37.7 Å². The Balaban J connectivity index is 1.73. The predicted octanol–water partition coefficient (Wildman–Crippen LogP) is 3.41. The van der Waals surface area contributed by atoms with E-state index in [4.69, 9.17) is 4.74 Å². The second-order valence-corrected chi connectivity index (χ2v) is 11.9. The normalized spacial score (nSPS) is 30.3. The van der Waals surface area contributed by atoms with Crippen molar-refractivity contribution in [1.29, 1.82) is 0 Å². The molecule has 40 heavy (non-hydrogen) atoms. The number of aliphatic hydroxyl groups is 1. The van der Waals surface area contributed by atoms with Crippen molar-refractivity contribution in [1.82, 2.24) is 14.7 Å². The average molecular weight is 552 g/mol. The molecule has 3 amide bonds. The third kappa shape index (κ3) is 5.12. The number of carbonyl (C=O) groups excluding carboxylic acids is 3. The predicted molar refractivity (Wildman–Crippen MR) is 154 cm³/mol. The van der Waals surface area contributed by atoms with Crippen LogP contribution in [0.25, 0.3) is 0 Å². The molecule has 3 saturated heterocycles. The summed E-state index contributed by atoms with van der Waals surface area (Å²) >= 11 is 0. The van der Waals surface area contributed by atoms with E-state index < -0.39 is 29.1 Å². The van der Waals surface area contributed by atoms with Gasteiger partial charge in [-0.2, -0.15) is 0 Å². The molecule has 3 aliphatic rings. The molecular formula is C32H45N3O5. The Morgan fingerprint density at radius 1 is 1.10 bits per heavy atom. The molecule has 8 nitrogen and oxygen atoms in total. The van der Waals surface area contributed by atoms with Crippen LogP contribution in [-0.2, 0) is 25.7 Å². The molecule has 3 fully saturated rings. The Kier molecular flexibility index (Phi) is 9.20. The van der Waals surface area contributed by atoms with Crippen molar-refractivity contribution in [2.45, 2.75) is 69.7 Å². The smallest absolute Gasteiger partial charge is 0.248 e. The van der Waals surface area contributed by atoms with Crippen molar-refractivity contribution >= 4 is 17.7 Å². The first-order chi connectivity index (χ1) is 19.2. The highest BCUT2D eigenvalue weighted by Crippen LogP contribution is 2.65. The zero-order chi connectivity index (χ0) is 29.1. The summed E-state index contributed by atoms with van der Waals surface area (Å²) in [5, 5.41) is 9.18. The molecule has 1 aromatic carbocycles. The van der Waals surface area contributed by atoms with Crippen LogP contribution >= 0.6 is 0 Å². The zero-order valence-corrected chi connectivity index (χ0v) is 24.3. The van der Waals surface area contributed by atoms with E-state index in [1.165, 1.54) is 0 Å². The number of aliphatic hydroxyl groups excluding tert-OH is 1. The maximum atomic E-state index is 14.5. The molecule has 3 heterocycles. The number of hydrogen-bond acceptors (Lipinski definition) is 5. The molecule has 0 radical (unpaired) electrons. The fraction of sp³-hybridized carbons (Fsp3) is 0.594. The second kappa shape index (κ2) is 12.3. The summed E-state index contributed by atoms with van der Waals surface area (Å²) in [6.45, 7) is 13.3. The molecule has 8 heteroatoms. The summed E-state index contributed by atoms with van der Waals surface area (Å²) in [4.78, 5) is 47.8. The number of fused-ring (bicyclic) bond motifs is 1. The molecule has 0 saturated carbocycles. The number of likely N-dealkylation sites (tertiary alicyclic amines) is 1. The first kappa shape index (κ1) is 30.0. The maximum absolute atomic E-state index is 14.5. The minimum Gasteiger partial charge on any atom is -0.396 e. The molecular weight excluding hydrogens is 506 g/mol. The summed E-state index contributed by atoms with van der Waals surface area (Å²) in [6, 6.07) is 8.96. The number of nitrogens with zero attached hydrogens (tertiary/aromatic N) is 3. The molecule has 6 atom stereocenters. The van der Waals surface area contributed by atoms with Crippen molar-refractivity contribution in [2.24, 2.45) is 17.8 Å². The molecule has 0 aromatic heterocycles. The Hall–Kier alpha value is -2.97. The summed E-state index contributed by atoms with van der Waals surface area (Å²) in [6.07, 6.45) is 7.02. The number of amides is 3. The fourth-order valence-electron chi connectivity index (χ4n) is 7.27. The van der Waals surface area contributed by atoms with Gasteiger partial charge in [0, 0.05) is 39.8 Å². The number of rotatable bonds is 14. The van der Waals surface area contributed by atoms with Gasteiger partial charge in [-0.3, -0.25) is 14.4 Å². The first-order valence-corrected chi connectivity index (χ1v) is 14.6. The Labute approximate surface area is 238 Å². The van der Waals surface area contributed by atoms with Crippen molar-refractivity contribution in [3.05, 3.63) is 61.2 Å². The van der Waals surface area contributed by atoms with E-state index in [0.717, 1.165) is 18.4 Å². The van der Waals surface area contributed by atoms with E-state index in [0.29, 0.717) is 45.4 Å². The van der Waals surface area contributed by atoms with Crippen LogP contribution in [0.2, 0.25) is 0 Å². The molecule has 1 spiro atoms. The Bertz CT molecular complexity index is 1110. The van der Waals surface area contributed by atoms with Crippen molar-refractivity contribution < 1.29 is 24.2 Å². The van der Waals surface area contributed by atoms with Crippen LogP contribution in [0.5, 0.6) is 0 Å². The number of benzene rings is 1. The minimum absolute atomic E-state index is 0.00980. The van der Waals surface area contributed by atoms with E-state index in [1.54, 1.807) is 33.9 Å². The molecule has 3 aliphatic heterocycles. The Morgan fingerprint density at radius 3 is 2.42 bits per heavy atom. The molecule has 4 rings (SSSR count). The molecule has 1 aromatic rings. The van der Waals surface area contributed by atoms with E-state index >= 15 is 0 Å². The van der Waals surface area contributed by atoms with E-state index in [-0.39, 0.29) is 30.2 Å². The van der Waals surface area contributed by atoms with Gasteiger partial charge < -0.3 is 24.5 Å². The van der Waals surface area contributed by atoms with Gasteiger partial charge in [-0.25, -0.2) is 0 Å².